The number of alkyl carbamates (subject to hydrolysis) is 1. The van der Waals surface area contributed by atoms with Crippen molar-refractivity contribution in [1.82, 2.24) is 5.32 Å². The van der Waals surface area contributed by atoms with E-state index in [1.165, 1.54) is 7.11 Å². The summed E-state index contributed by atoms with van der Waals surface area (Å²) in [5.41, 5.74) is 5.90. The number of unbranched alkanes of at least 4 members (excludes halogenated alkanes) is 2. The van der Waals surface area contributed by atoms with Crippen molar-refractivity contribution in [1.29, 1.82) is 0 Å². The smallest absolute Gasteiger partial charge is 0.407 e. The van der Waals surface area contributed by atoms with E-state index in [1.807, 2.05) is 6.92 Å². The van der Waals surface area contributed by atoms with E-state index in [-0.39, 0.29) is 31.2 Å². The van der Waals surface area contributed by atoms with Gasteiger partial charge in [-0.15, -0.1) is 0 Å². The molecule has 0 aliphatic carbocycles. The Morgan fingerprint density at radius 1 is 1.12 bits per heavy atom. The number of esters is 1. The van der Waals surface area contributed by atoms with Crippen LogP contribution in [0.4, 0.5) is 9.18 Å². The second kappa shape index (κ2) is 13.6. The van der Waals surface area contributed by atoms with Crippen LogP contribution in [-0.2, 0) is 25.5 Å². The molecular formula is C24H37FN2O6. The molecule has 1 aromatic rings. The zero-order valence-electron chi connectivity index (χ0n) is 20.3. The number of nitrogens with one attached hydrogen (secondary N) is 1. The summed E-state index contributed by atoms with van der Waals surface area (Å²) in [6, 6.07) is 2.74. The predicted octanol–water partition coefficient (Wildman–Crippen LogP) is 3.95. The number of benzene rings is 1. The topological polar surface area (TPSA) is 117 Å². The first-order valence-electron chi connectivity index (χ1n) is 11.2. The number of aryl methyl sites for hydroxylation is 1. The summed E-state index contributed by atoms with van der Waals surface area (Å²) in [6.07, 6.45) is 2.65. The van der Waals surface area contributed by atoms with E-state index in [1.54, 1.807) is 32.9 Å². The van der Waals surface area contributed by atoms with Gasteiger partial charge in [0.1, 0.15) is 12.2 Å². The summed E-state index contributed by atoms with van der Waals surface area (Å²) in [5.74, 6) is -1.14. The number of methoxy groups -OCH3 is 1. The summed E-state index contributed by atoms with van der Waals surface area (Å²) in [7, 11) is 1.36. The van der Waals surface area contributed by atoms with E-state index in [4.69, 9.17) is 15.2 Å². The van der Waals surface area contributed by atoms with Crippen LogP contribution < -0.4 is 15.8 Å². The Hall–Kier alpha value is -2.84. The molecular weight excluding hydrogens is 431 g/mol. The number of carbonyl (C=O) groups is 3. The van der Waals surface area contributed by atoms with Crippen LogP contribution in [0.25, 0.3) is 0 Å². The van der Waals surface area contributed by atoms with Gasteiger partial charge in [-0.1, -0.05) is 12.5 Å². The molecule has 0 radical (unpaired) electrons. The van der Waals surface area contributed by atoms with E-state index >= 15 is 4.39 Å². The number of halogens is 1. The molecule has 33 heavy (non-hydrogen) atoms. The lowest BCUT2D eigenvalue weighted by molar-refractivity contribution is -0.140. The van der Waals surface area contributed by atoms with Gasteiger partial charge >= 0.3 is 12.1 Å². The predicted molar refractivity (Wildman–Crippen MR) is 122 cm³/mol. The largest absolute Gasteiger partial charge is 0.488 e. The number of ether oxygens (including phenoxy) is 3. The van der Waals surface area contributed by atoms with Crippen LogP contribution in [0.3, 0.4) is 0 Å². The normalized spacial score (nSPS) is 12.1. The number of amides is 2. The number of rotatable bonds is 13. The molecule has 0 spiro atoms. The molecule has 9 heteroatoms. The molecule has 1 rings (SSSR count). The molecule has 186 valence electrons. The third kappa shape index (κ3) is 11.5. The minimum absolute atomic E-state index is 0.0387. The molecule has 8 nitrogen and oxygen atoms in total. The zero-order chi connectivity index (χ0) is 25.0. The van der Waals surface area contributed by atoms with Gasteiger partial charge < -0.3 is 25.3 Å². The first-order valence-corrected chi connectivity index (χ1v) is 11.2. The molecule has 0 saturated carbocycles. The molecule has 1 atom stereocenters. The maximum atomic E-state index is 15.1. The van der Waals surface area contributed by atoms with E-state index in [0.717, 1.165) is 18.4 Å². The van der Waals surface area contributed by atoms with Crippen LogP contribution in [-0.4, -0.2) is 43.3 Å². The van der Waals surface area contributed by atoms with Gasteiger partial charge in [0.25, 0.3) is 0 Å². The second-order valence-electron chi connectivity index (χ2n) is 8.97. The van der Waals surface area contributed by atoms with E-state index in [2.05, 4.69) is 10.1 Å². The molecule has 1 aromatic carbocycles. The minimum Gasteiger partial charge on any atom is -0.488 e. The Morgan fingerprint density at radius 3 is 2.42 bits per heavy atom. The standard InChI is InChI=1S/C24H37FN2O6/c1-16-11-13-19(22(25)18(16)9-7-6-8-10-21(29)31-5)32-15-17(12-14-20(26)28)27-23(30)33-24(2,3)4/h11,13,17H,6-10,12,14-15H2,1-5H3,(H2,26,28)(H,27,30)/t17-/m0/s1. The lowest BCUT2D eigenvalue weighted by Crippen LogP contribution is -2.42. The zero-order valence-corrected chi connectivity index (χ0v) is 20.3. The van der Waals surface area contributed by atoms with E-state index in [0.29, 0.717) is 24.8 Å². The van der Waals surface area contributed by atoms with Gasteiger partial charge in [-0.05, 0) is 70.6 Å². The Labute approximate surface area is 195 Å². The number of hydrogen-bond donors (Lipinski definition) is 2. The van der Waals surface area contributed by atoms with Gasteiger partial charge in [0.2, 0.25) is 5.91 Å². The summed E-state index contributed by atoms with van der Waals surface area (Å²) in [5, 5.41) is 2.65. The van der Waals surface area contributed by atoms with Crippen molar-refractivity contribution < 1.29 is 33.0 Å². The molecule has 0 saturated heterocycles. The average Bonchev–Trinajstić information content (AvgIpc) is 2.71. The highest BCUT2D eigenvalue weighted by atomic mass is 19.1. The highest BCUT2D eigenvalue weighted by molar-refractivity contribution is 5.74. The highest BCUT2D eigenvalue weighted by Gasteiger charge is 2.21. The Balaban J connectivity index is 2.75. The lowest BCUT2D eigenvalue weighted by atomic mass is 10.0. The number of hydrogen-bond acceptors (Lipinski definition) is 6. The molecule has 2 amide bonds. The van der Waals surface area contributed by atoms with Crippen LogP contribution in [0.5, 0.6) is 5.75 Å². The van der Waals surface area contributed by atoms with Crippen LogP contribution in [0.15, 0.2) is 12.1 Å². The summed E-state index contributed by atoms with van der Waals surface area (Å²) >= 11 is 0. The lowest BCUT2D eigenvalue weighted by Gasteiger charge is -2.24. The Morgan fingerprint density at radius 2 is 1.82 bits per heavy atom. The highest BCUT2D eigenvalue weighted by Crippen LogP contribution is 2.26. The van der Waals surface area contributed by atoms with Gasteiger partial charge in [0, 0.05) is 12.8 Å². The monoisotopic (exact) mass is 468 g/mol. The Kier molecular flexibility index (Phi) is 11.7. The van der Waals surface area contributed by atoms with Gasteiger partial charge in [-0.25, -0.2) is 9.18 Å². The quantitative estimate of drug-likeness (QED) is 0.334. The van der Waals surface area contributed by atoms with Crippen molar-refractivity contribution in [3.05, 3.63) is 29.1 Å². The second-order valence-corrected chi connectivity index (χ2v) is 8.97. The molecule has 3 N–H and O–H groups in total. The molecule has 0 aliphatic rings. The number of nitrogens with two attached hydrogens (primary N) is 1. The van der Waals surface area contributed by atoms with Crippen molar-refractivity contribution in [2.24, 2.45) is 5.73 Å². The maximum absolute atomic E-state index is 15.1. The maximum Gasteiger partial charge on any atom is 0.407 e. The molecule has 0 unspecified atom stereocenters. The molecule has 0 heterocycles. The molecule has 0 aromatic heterocycles. The van der Waals surface area contributed by atoms with E-state index < -0.39 is 29.5 Å². The summed E-state index contributed by atoms with van der Waals surface area (Å²) < 4.78 is 30.6. The van der Waals surface area contributed by atoms with Gasteiger partial charge in [-0.3, -0.25) is 9.59 Å². The van der Waals surface area contributed by atoms with Crippen molar-refractivity contribution in [2.45, 2.75) is 84.3 Å². The van der Waals surface area contributed by atoms with Crippen molar-refractivity contribution in [2.75, 3.05) is 13.7 Å². The number of primary amides is 1. The van der Waals surface area contributed by atoms with Crippen LogP contribution >= 0.6 is 0 Å². The van der Waals surface area contributed by atoms with Crippen LogP contribution in [0.1, 0.15) is 70.4 Å². The SMILES string of the molecule is COC(=O)CCCCCc1c(C)ccc(OC[C@H](CCC(N)=O)NC(=O)OC(C)(C)C)c1F. The van der Waals surface area contributed by atoms with E-state index in [9.17, 15) is 14.4 Å². The fourth-order valence-electron chi connectivity index (χ4n) is 3.14. The molecule has 0 fully saturated rings. The fourth-order valence-corrected chi connectivity index (χ4v) is 3.14. The first kappa shape index (κ1) is 28.2. The minimum atomic E-state index is -0.687. The summed E-state index contributed by atoms with van der Waals surface area (Å²) in [6.45, 7) is 6.99. The molecule has 0 aliphatic heterocycles. The molecule has 0 bridgehead atoms. The van der Waals surface area contributed by atoms with Gasteiger partial charge in [0.05, 0.1) is 13.2 Å². The van der Waals surface area contributed by atoms with Crippen molar-refractivity contribution in [3.63, 3.8) is 0 Å². The Bertz CT molecular complexity index is 807. The van der Waals surface area contributed by atoms with Crippen molar-refractivity contribution >= 4 is 18.0 Å². The number of carbonyl (C=O) groups excluding carboxylic acids is 3. The average molecular weight is 469 g/mol. The first-order chi connectivity index (χ1) is 15.4. The third-order valence-corrected chi connectivity index (χ3v) is 4.88. The van der Waals surface area contributed by atoms with Gasteiger partial charge in [0.15, 0.2) is 11.6 Å². The third-order valence-electron chi connectivity index (χ3n) is 4.88. The van der Waals surface area contributed by atoms with Gasteiger partial charge in [-0.2, -0.15) is 0 Å². The van der Waals surface area contributed by atoms with Crippen molar-refractivity contribution in [3.8, 4) is 5.75 Å². The summed E-state index contributed by atoms with van der Waals surface area (Å²) in [4.78, 5) is 34.5. The fraction of sp³-hybridized carbons (Fsp3) is 0.625. The van der Waals surface area contributed by atoms with Crippen LogP contribution in [0, 0.1) is 12.7 Å². The van der Waals surface area contributed by atoms with Crippen LogP contribution in [0.2, 0.25) is 0 Å².